The number of hydrogen-bond donors (Lipinski definition) is 1. The summed E-state index contributed by atoms with van der Waals surface area (Å²) in [6.07, 6.45) is 1.17. The van der Waals surface area contributed by atoms with Crippen molar-refractivity contribution in [1.82, 2.24) is 5.32 Å². The van der Waals surface area contributed by atoms with E-state index in [9.17, 15) is 0 Å². The minimum atomic E-state index is 0.407. The maximum Gasteiger partial charge on any atom is 0.0426 e. The molecular weight excluding hydrogens is 312 g/mol. The molecule has 0 radical (unpaired) electrons. The second-order valence-corrected chi connectivity index (χ2v) is 7.15. The Bertz CT molecular complexity index is 437. The molecule has 1 heterocycles. The smallest absolute Gasteiger partial charge is 0.0426 e. The number of rotatable bonds is 5. The van der Waals surface area contributed by atoms with Crippen LogP contribution in [0.3, 0.4) is 0 Å². The Balaban J connectivity index is 2.24. The summed E-state index contributed by atoms with van der Waals surface area (Å²) in [5, 5.41) is 3.61. The van der Waals surface area contributed by atoms with Crippen molar-refractivity contribution in [2.45, 2.75) is 40.2 Å². The van der Waals surface area contributed by atoms with Gasteiger partial charge in [-0.05, 0) is 49.4 Å². The Morgan fingerprint density at radius 3 is 2.55 bits per heavy atom. The fourth-order valence-corrected chi connectivity index (χ4v) is 3.30. The third-order valence-electron chi connectivity index (χ3n) is 4.49. The number of benzene rings is 1. The highest BCUT2D eigenvalue weighted by Gasteiger charge is 2.28. The minimum Gasteiger partial charge on any atom is -0.371 e. The van der Waals surface area contributed by atoms with Gasteiger partial charge in [0.25, 0.3) is 0 Å². The van der Waals surface area contributed by atoms with Crippen molar-refractivity contribution in [2.75, 3.05) is 24.5 Å². The van der Waals surface area contributed by atoms with E-state index in [0.717, 1.165) is 18.4 Å². The maximum atomic E-state index is 3.63. The topological polar surface area (TPSA) is 15.3 Å². The van der Waals surface area contributed by atoms with Crippen LogP contribution in [-0.4, -0.2) is 19.6 Å². The third kappa shape index (κ3) is 3.56. The standard InChI is InChI=1S/C17H27BrN2/c1-5-8-19-14(4)16-7-6-15(18)9-17(16)20-10-12(2)13(3)11-20/h6-7,9,12-14,19H,5,8,10-11H2,1-4H3. The lowest BCUT2D eigenvalue weighted by atomic mass is 10.0. The highest BCUT2D eigenvalue weighted by Crippen LogP contribution is 2.34. The van der Waals surface area contributed by atoms with Crippen molar-refractivity contribution in [2.24, 2.45) is 11.8 Å². The van der Waals surface area contributed by atoms with Crippen LogP contribution < -0.4 is 10.2 Å². The first-order valence-corrected chi connectivity index (χ1v) is 8.60. The summed E-state index contributed by atoms with van der Waals surface area (Å²) in [6.45, 7) is 12.6. The third-order valence-corrected chi connectivity index (χ3v) is 4.98. The highest BCUT2D eigenvalue weighted by atomic mass is 79.9. The molecule has 1 N–H and O–H groups in total. The van der Waals surface area contributed by atoms with Gasteiger partial charge < -0.3 is 10.2 Å². The molecule has 0 saturated carbocycles. The lowest BCUT2D eigenvalue weighted by molar-refractivity contribution is 0.494. The lowest BCUT2D eigenvalue weighted by Gasteiger charge is -2.26. The van der Waals surface area contributed by atoms with E-state index in [0.29, 0.717) is 6.04 Å². The zero-order valence-electron chi connectivity index (χ0n) is 13.1. The van der Waals surface area contributed by atoms with Gasteiger partial charge in [-0.25, -0.2) is 0 Å². The van der Waals surface area contributed by atoms with Crippen LogP contribution in [0.25, 0.3) is 0 Å². The van der Waals surface area contributed by atoms with E-state index in [1.54, 1.807) is 0 Å². The first-order valence-electron chi connectivity index (χ1n) is 7.80. The molecule has 3 atom stereocenters. The van der Waals surface area contributed by atoms with Gasteiger partial charge in [0.1, 0.15) is 0 Å². The summed E-state index contributed by atoms with van der Waals surface area (Å²) in [4.78, 5) is 2.56. The van der Waals surface area contributed by atoms with Crippen LogP contribution >= 0.6 is 15.9 Å². The summed E-state index contributed by atoms with van der Waals surface area (Å²) >= 11 is 3.63. The fourth-order valence-electron chi connectivity index (χ4n) is 2.95. The van der Waals surface area contributed by atoms with E-state index in [1.807, 2.05) is 0 Å². The average Bonchev–Trinajstić information content (AvgIpc) is 2.76. The molecule has 2 rings (SSSR count). The predicted octanol–water partition coefficient (Wildman–Crippen LogP) is 4.60. The second-order valence-electron chi connectivity index (χ2n) is 6.24. The van der Waals surface area contributed by atoms with Gasteiger partial charge in [-0.15, -0.1) is 0 Å². The monoisotopic (exact) mass is 338 g/mol. The molecule has 1 fully saturated rings. The highest BCUT2D eigenvalue weighted by molar-refractivity contribution is 9.10. The van der Waals surface area contributed by atoms with Gasteiger partial charge in [0.05, 0.1) is 0 Å². The summed E-state index contributed by atoms with van der Waals surface area (Å²) < 4.78 is 1.17. The Hall–Kier alpha value is -0.540. The normalized spacial score (nSPS) is 24.1. The first-order chi connectivity index (χ1) is 9.52. The Morgan fingerprint density at radius 2 is 1.95 bits per heavy atom. The van der Waals surface area contributed by atoms with Gasteiger partial charge in [0.2, 0.25) is 0 Å². The molecule has 1 aromatic carbocycles. The van der Waals surface area contributed by atoms with Crippen LogP contribution in [0, 0.1) is 11.8 Å². The Morgan fingerprint density at radius 1 is 1.30 bits per heavy atom. The fraction of sp³-hybridized carbons (Fsp3) is 0.647. The van der Waals surface area contributed by atoms with Crippen LogP contribution in [0.5, 0.6) is 0 Å². The molecule has 2 nitrogen and oxygen atoms in total. The molecular formula is C17H27BrN2. The zero-order chi connectivity index (χ0) is 14.7. The SMILES string of the molecule is CCCNC(C)c1ccc(Br)cc1N1CC(C)C(C)C1. The maximum absolute atomic E-state index is 3.63. The van der Waals surface area contributed by atoms with Crippen molar-refractivity contribution in [3.63, 3.8) is 0 Å². The summed E-state index contributed by atoms with van der Waals surface area (Å²) in [6, 6.07) is 7.11. The molecule has 112 valence electrons. The number of nitrogens with zero attached hydrogens (tertiary/aromatic N) is 1. The number of halogens is 1. The number of anilines is 1. The van der Waals surface area contributed by atoms with Crippen LogP contribution in [-0.2, 0) is 0 Å². The number of hydrogen-bond acceptors (Lipinski definition) is 2. The first kappa shape index (κ1) is 15.8. The van der Waals surface area contributed by atoms with E-state index in [4.69, 9.17) is 0 Å². The average molecular weight is 339 g/mol. The van der Waals surface area contributed by atoms with Crippen molar-refractivity contribution in [3.05, 3.63) is 28.2 Å². The molecule has 3 heteroatoms. The van der Waals surface area contributed by atoms with Gasteiger partial charge in [0, 0.05) is 29.3 Å². The molecule has 0 spiro atoms. The van der Waals surface area contributed by atoms with E-state index in [1.165, 1.54) is 35.2 Å². The van der Waals surface area contributed by atoms with Crippen LogP contribution in [0.4, 0.5) is 5.69 Å². The molecule has 3 unspecified atom stereocenters. The van der Waals surface area contributed by atoms with Crippen molar-refractivity contribution in [3.8, 4) is 0 Å². The molecule has 1 aromatic rings. The van der Waals surface area contributed by atoms with E-state index < -0.39 is 0 Å². The summed E-state index contributed by atoms with van der Waals surface area (Å²) in [5.74, 6) is 1.56. The van der Waals surface area contributed by atoms with E-state index in [2.05, 4.69) is 72.0 Å². The van der Waals surface area contributed by atoms with Crippen LogP contribution in [0.15, 0.2) is 22.7 Å². The van der Waals surface area contributed by atoms with Gasteiger partial charge >= 0.3 is 0 Å². The van der Waals surface area contributed by atoms with Gasteiger partial charge in [-0.2, -0.15) is 0 Å². The zero-order valence-corrected chi connectivity index (χ0v) is 14.7. The molecule has 20 heavy (non-hydrogen) atoms. The lowest BCUT2D eigenvalue weighted by Crippen LogP contribution is -2.25. The molecule has 0 aliphatic carbocycles. The minimum absolute atomic E-state index is 0.407. The number of nitrogens with one attached hydrogen (secondary N) is 1. The van der Waals surface area contributed by atoms with Crippen molar-refractivity contribution >= 4 is 21.6 Å². The molecule has 1 aliphatic rings. The summed E-state index contributed by atoms with van der Waals surface area (Å²) in [5.41, 5.74) is 2.81. The Labute approximate surface area is 132 Å². The summed E-state index contributed by atoms with van der Waals surface area (Å²) in [7, 11) is 0. The van der Waals surface area contributed by atoms with Crippen LogP contribution in [0.1, 0.15) is 45.7 Å². The van der Waals surface area contributed by atoms with Crippen molar-refractivity contribution < 1.29 is 0 Å². The van der Waals surface area contributed by atoms with Crippen LogP contribution in [0.2, 0.25) is 0 Å². The second kappa shape index (κ2) is 6.95. The Kier molecular flexibility index (Phi) is 5.50. The molecule has 0 aromatic heterocycles. The molecule has 0 amide bonds. The van der Waals surface area contributed by atoms with Gasteiger partial charge in [0.15, 0.2) is 0 Å². The molecule has 1 aliphatic heterocycles. The van der Waals surface area contributed by atoms with Gasteiger partial charge in [-0.1, -0.05) is 42.8 Å². The predicted molar refractivity (Wildman–Crippen MR) is 91.4 cm³/mol. The molecule has 0 bridgehead atoms. The van der Waals surface area contributed by atoms with E-state index >= 15 is 0 Å². The van der Waals surface area contributed by atoms with Gasteiger partial charge in [-0.3, -0.25) is 0 Å². The largest absolute Gasteiger partial charge is 0.371 e. The van der Waals surface area contributed by atoms with Crippen molar-refractivity contribution in [1.29, 1.82) is 0 Å². The quantitative estimate of drug-likeness (QED) is 0.843. The van der Waals surface area contributed by atoms with E-state index in [-0.39, 0.29) is 0 Å². The molecule has 1 saturated heterocycles.